The van der Waals surface area contributed by atoms with Crippen LogP contribution in [0.25, 0.3) is 134 Å². The number of nitrogens with zero attached hydrogens (tertiary/aromatic N) is 3. The van der Waals surface area contributed by atoms with Crippen LogP contribution >= 0.6 is 0 Å². The molecule has 0 aliphatic rings. The molecule has 0 aliphatic carbocycles. The minimum absolute atomic E-state index is 0. The summed E-state index contributed by atoms with van der Waals surface area (Å²) in [5.74, 6) is 0. The molecule has 3 heterocycles. The zero-order valence-electron chi connectivity index (χ0n) is 42.9. The third-order valence-electron chi connectivity index (χ3n) is 14.4. The van der Waals surface area contributed by atoms with Gasteiger partial charge in [-0.25, -0.2) is 0 Å². The Bertz CT molecular complexity index is 4060. The van der Waals surface area contributed by atoms with Crippen molar-refractivity contribution in [3.8, 4) is 134 Å². The molecule has 0 fully saturated rings. The van der Waals surface area contributed by atoms with Gasteiger partial charge in [-0.1, -0.05) is 199 Å². The molecule has 3 aromatic heterocycles. The first-order valence-corrected chi connectivity index (χ1v) is 26.2. The van der Waals surface area contributed by atoms with Crippen LogP contribution in [0.15, 0.2) is 292 Å². The predicted octanol–water partition coefficient (Wildman–Crippen LogP) is 19.3. The average molecular weight is 1180 g/mol. The van der Waals surface area contributed by atoms with Crippen molar-refractivity contribution in [1.82, 2.24) is 15.0 Å². The molecule has 0 amide bonds. The first-order valence-electron chi connectivity index (χ1n) is 26.2. The Balaban J connectivity index is 0.00000623. The van der Waals surface area contributed by atoms with Crippen LogP contribution in [0.2, 0.25) is 0 Å². The first-order chi connectivity index (χ1) is 38.7. The fourth-order valence-electron chi connectivity index (χ4n) is 10.5. The van der Waals surface area contributed by atoms with E-state index < -0.39 is 0 Å². The summed E-state index contributed by atoms with van der Waals surface area (Å²) >= 11 is 0. The van der Waals surface area contributed by atoms with E-state index in [9.17, 15) is 0 Å². The molecule has 3 nitrogen and oxygen atoms in total. The molecule has 13 rings (SSSR count). The molecule has 372 valence electrons. The maximum Gasteiger partial charge on any atom is 3.00 e. The van der Waals surface area contributed by atoms with Crippen molar-refractivity contribution in [3.63, 3.8) is 0 Å². The molecule has 10 aromatic carbocycles. The second-order valence-corrected chi connectivity index (χ2v) is 19.3. The predicted molar refractivity (Wildman–Crippen MR) is 322 cm³/mol. The van der Waals surface area contributed by atoms with Gasteiger partial charge < -0.3 is 9.97 Å². The minimum Gasteiger partial charge on any atom is -0.304 e. The molecule has 79 heavy (non-hydrogen) atoms. The molecule has 0 unspecified atom stereocenters. The molecule has 0 aliphatic heterocycles. The van der Waals surface area contributed by atoms with Gasteiger partial charge in [0.05, 0.1) is 0 Å². The Kier molecular flexibility index (Phi) is 14.5. The van der Waals surface area contributed by atoms with E-state index in [4.69, 9.17) is 15.0 Å². The van der Waals surface area contributed by atoms with Crippen LogP contribution in [0.1, 0.15) is 0 Å². The fourth-order valence-corrected chi connectivity index (χ4v) is 10.5. The molecule has 0 atom stereocenters. The van der Waals surface area contributed by atoms with E-state index in [2.05, 4.69) is 243 Å². The molecule has 0 saturated heterocycles. The van der Waals surface area contributed by atoms with Gasteiger partial charge in [0.25, 0.3) is 0 Å². The van der Waals surface area contributed by atoms with Crippen molar-refractivity contribution in [3.05, 3.63) is 310 Å². The van der Waals surface area contributed by atoms with Crippen LogP contribution in [0, 0.1) is 18.2 Å². The summed E-state index contributed by atoms with van der Waals surface area (Å²) in [6.45, 7) is 0. The van der Waals surface area contributed by atoms with Gasteiger partial charge in [-0.3, -0.25) is 4.98 Å². The number of pyridine rings is 3. The van der Waals surface area contributed by atoms with Gasteiger partial charge in [-0.2, -0.15) is 0 Å². The Morgan fingerprint density at radius 3 is 1.10 bits per heavy atom. The van der Waals surface area contributed by atoms with Crippen molar-refractivity contribution < 1.29 is 20.1 Å². The normalized spacial score (nSPS) is 10.9. The van der Waals surface area contributed by atoms with Gasteiger partial charge in [-0.15, -0.1) is 102 Å². The summed E-state index contributed by atoms with van der Waals surface area (Å²) < 4.78 is 0. The summed E-state index contributed by atoms with van der Waals surface area (Å²) in [5.41, 5.74) is 24.9. The van der Waals surface area contributed by atoms with Crippen LogP contribution in [-0.4, -0.2) is 15.0 Å². The van der Waals surface area contributed by atoms with Gasteiger partial charge in [0, 0.05) is 29.8 Å². The maximum absolute atomic E-state index is 5.27. The fraction of sp³-hybridized carbons (Fsp3) is 0. The molecule has 0 saturated carbocycles. The third-order valence-corrected chi connectivity index (χ3v) is 14.4. The van der Waals surface area contributed by atoms with Crippen molar-refractivity contribution in [2.75, 3.05) is 0 Å². The number of rotatable bonds is 12. The largest absolute Gasteiger partial charge is 3.00 e. The Morgan fingerprint density at radius 1 is 0.215 bits per heavy atom. The standard InChI is InChI=1S/C75H48N3.Ir/c1-5-20-52(21-6-1)54-36-38-55(39-37-54)71-48-75(59-29-19-28-58(44-59)53-22-7-2-8-23-53)78-51-72(71)70-35-18-17-34-69(70)64-46-62(67-32-15-13-30-65(67)60-40-42-73(76-49-60)56-24-9-3-10-25-56)45-63(47-64)68-33-16-14-31-66(68)61-41-43-74(77-50-61)57-26-11-4-12-27-57;/h1-24,26,28-43,45-51H;/q-3;+3. The van der Waals surface area contributed by atoms with E-state index in [1.807, 2.05) is 67.0 Å². The van der Waals surface area contributed by atoms with E-state index >= 15 is 0 Å². The zero-order chi connectivity index (χ0) is 52.0. The summed E-state index contributed by atoms with van der Waals surface area (Å²) in [7, 11) is 0. The van der Waals surface area contributed by atoms with Crippen molar-refractivity contribution >= 4 is 0 Å². The van der Waals surface area contributed by atoms with Crippen LogP contribution in [0.4, 0.5) is 0 Å². The quantitative estimate of drug-likeness (QED) is 0.114. The molecule has 0 radical (unpaired) electrons. The van der Waals surface area contributed by atoms with Crippen molar-refractivity contribution in [2.45, 2.75) is 0 Å². The summed E-state index contributed by atoms with van der Waals surface area (Å²) in [6, 6.07) is 106. The molecule has 13 aromatic rings. The van der Waals surface area contributed by atoms with Gasteiger partial charge in [0.2, 0.25) is 0 Å². The van der Waals surface area contributed by atoms with E-state index in [1.165, 1.54) is 5.56 Å². The Hall–Kier alpha value is -9.70. The van der Waals surface area contributed by atoms with Crippen LogP contribution < -0.4 is 0 Å². The molecule has 0 N–H and O–H groups in total. The van der Waals surface area contributed by atoms with E-state index in [0.717, 1.165) is 128 Å². The van der Waals surface area contributed by atoms with E-state index in [-0.39, 0.29) is 20.1 Å². The molecular formula is C75H48IrN3. The Morgan fingerprint density at radius 2 is 0.608 bits per heavy atom. The second kappa shape index (κ2) is 22.9. The zero-order valence-corrected chi connectivity index (χ0v) is 45.3. The smallest absolute Gasteiger partial charge is 0.304 e. The second-order valence-electron chi connectivity index (χ2n) is 19.3. The van der Waals surface area contributed by atoms with E-state index in [1.54, 1.807) is 0 Å². The maximum atomic E-state index is 5.27. The molecular weight excluding hydrogens is 1140 g/mol. The van der Waals surface area contributed by atoms with Crippen LogP contribution in [0.3, 0.4) is 0 Å². The van der Waals surface area contributed by atoms with Crippen molar-refractivity contribution in [1.29, 1.82) is 0 Å². The van der Waals surface area contributed by atoms with Crippen LogP contribution in [0.5, 0.6) is 0 Å². The topological polar surface area (TPSA) is 38.7 Å². The molecule has 4 heteroatoms. The number of hydrogen-bond donors (Lipinski definition) is 0. The summed E-state index contributed by atoms with van der Waals surface area (Å²) in [6.07, 6.45) is 6.02. The van der Waals surface area contributed by atoms with Gasteiger partial charge in [0.15, 0.2) is 0 Å². The molecule has 0 bridgehead atoms. The third kappa shape index (κ3) is 10.6. The van der Waals surface area contributed by atoms with Gasteiger partial charge >= 0.3 is 20.1 Å². The summed E-state index contributed by atoms with van der Waals surface area (Å²) in [4.78, 5) is 15.2. The number of aromatic nitrogens is 3. The van der Waals surface area contributed by atoms with Crippen molar-refractivity contribution in [2.24, 2.45) is 0 Å². The average Bonchev–Trinajstić information content (AvgIpc) is 3.62. The van der Waals surface area contributed by atoms with Gasteiger partial charge in [-0.05, 0) is 113 Å². The van der Waals surface area contributed by atoms with Crippen LogP contribution in [-0.2, 0) is 20.1 Å². The number of hydrogen-bond acceptors (Lipinski definition) is 3. The minimum atomic E-state index is 0. The SMILES string of the molecule is [Ir+3].[c-]1ccccc1-c1ccc(-c2ccccc2-c2cc(-c3ccccc3-c3ccc(-c4[c-]cccc4)nc3)cc(-c3ccccc3-c3cnc(-c4[c-]c(-c5ccccc5)ccc4)cc3-c3ccc(-c4ccccc4)cc3)c2)cn1. The number of benzene rings is 10. The van der Waals surface area contributed by atoms with Gasteiger partial charge in [0.1, 0.15) is 0 Å². The van der Waals surface area contributed by atoms with E-state index in [0.29, 0.717) is 0 Å². The summed E-state index contributed by atoms with van der Waals surface area (Å²) in [5, 5.41) is 0. The monoisotopic (exact) mass is 1180 g/mol. The first kappa shape index (κ1) is 50.1. The molecule has 0 spiro atoms. The Labute approximate surface area is 475 Å².